The van der Waals surface area contributed by atoms with E-state index in [0.717, 1.165) is 19.5 Å². The van der Waals surface area contributed by atoms with Crippen LogP contribution in [0.4, 0.5) is 5.69 Å². The number of amides is 1. The van der Waals surface area contributed by atoms with E-state index in [1.807, 2.05) is 0 Å². The van der Waals surface area contributed by atoms with Gasteiger partial charge in [0.15, 0.2) is 0 Å². The van der Waals surface area contributed by atoms with E-state index in [4.69, 9.17) is 11.6 Å². The molecular weight excluding hydrogens is 280 g/mol. The second-order valence-corrected chi connectivity index (χ2v) is 5.87. The largest absolute Gasteiger partial charge is 0.338 e. The van der Waals surface area contributed by atoms with Crippen LogP contribution in [-0.4, -0.2) is 28.8 Å². The van der Waals surface area contributed by atoms with Crippen molar-refractivity contribution in [2.75, 3.05) is 13.1 Å². The molecule has 1 aliphatic heterocycles. The number of halogens is 1. The molecule has 1 amide bonds. The van der Waals surface area contributed by atoms with E-state index in [1.54, 1.807) is 4.90 Å². The molecule has 5 nitrogen and oxygen atoms in total. The molecule has 0 aliphatic carbocycles. The zero-order chi connectivity index (χ0) is 14.9. The lowest BCUT2D eigenvalue weighted by Crippen LogP contribution is -2.29. The van der Waals surface area contributed by atoms with Gasteiger partial charge in [0.25, 0.3) is 11.6 Å². The number of nitrogens with zero attached hydrogens (tertiary/aromatic N) is 2. The van der Waals surface area contributed by atoms with Gasteiger partial charge in [-0.05, 0) is 30.4 Å². The molecule has 108 valence electrons. The Kier molecular flexibility index (Phi) is 4.28. The zero-order valence-electron chi connectivity index (χ0n) is 11.5. The fraction of sp³-hybridized carbons (Fsp3) is 0.500. The molecule has 1 heterocycles. The average Bonchev–Trinajstić information content (AvgIpc) is 2.87. The van der Waals surface area contributed by atoms with Crippen LogP contribution >= 0.6 is 11.6 Å². The number of hydrogen-bond donors (Lipinski definition) is 0. The van der Waals surface area contributed by atoms with Gasteiger partial charge in [0.1, 0.15) is 5.02 Å². The van der Waals surface area contributed by atoms with Gasteiger partial charge < -0.3 is 4.90 Å². The summed E-state index contributed by atoms with van der Waals surface area (Å²) in [6.45, 7) is 5.78. The van der Waals surface area contributed by atoms with Crippen LogP contribution in [0.3, 0.4) is 0 Å². The highest BCUT2D eigenvalue weighted by Crippen LogP contribution is 2.28. The minimum Gasteiger partial charge on any atom is -0.338 e. The predicted octanol–water partition coefficient (Wildman–Crippen LogP) is 3.37. The molecule has 0 N–H and O–H groups in total. The minimum absolute atomic E-state index is 0.000423. The number of carbonyl (C=O) groups is 1. The van der Waals surface area contributed by atoms with Gasteiger partial charge in [-0.25, -0.2) is 0 Å². The molecule has 1 fully saturated rings. The molecule has 1 atom stereocenters. The first-order valence-corrected chi connectivity index (χ1v) is 7.01. The van der Waals surface area contributed by atoms with Crippen LogP contribution in [0, 0.1) is 22.0 Å². The van der Waals surface area contributed by atoms with Crippen LogP contribution in [0.15, 0.2) is 18.2 Å². The Morgan fingerprint density at radius 3 is 2.70 bits per heavy atom. The number of nitro groups is 1. The fourth-order valence-corrected chi connectivity index (χ4v) is 2.74. The monoisotopic (exact) mass is 296 g/mol. The predicted molar refractivity (Wildman–Crippen MR) is 77.0 cm³/mol. The normalized spacial score (nSPS) is 18.6. The molecular formula is C14H17ClN2O3. The van der Waals surface area contributed by atoms with E-state index >= 15 is 0 Å². The topological polar surface area (TPSA) is 63.5 Å². The highest BCUT2D eigenvalue weighted by Gasteiger charge is 2.29. The number of nitro benzene ring substituents is 1. The van der Waals surface area contributed by atoms with Crippen LogP contribution in [0.25, 0.3) is 0 Å². The van der Waals surface area contributed by atoms with Crippen LogP contribution in [0.5, 0.6) is 0 Å². The van der Waals surface area contributed by atoms with Crippen molar-refractivity contribution >= 4 is 23.2 Å². The number of carbonyl (C=O) groups excluding carboxylic acids is 1. The van der Waals surface area contributed by atoms with Gasteiger partial charge in [-0.3, -0.25) is 14.9 Å². The van der Waals surface area contributed by atoms with Crippen molar-refractivity contribution in [3.63, 3.8) is 0 Å². The fourth-order valence-electron chi connectivity index (χ4n) is 2.49. The highest BCUT2D eigenvalue weighted by molar-refractivity contribution is 6.33. The molecule has 0 bridgehead atoms. The molecule has 1 aliphatic rings. The third-order valence-electron chi connectivity index (χ3n) is 3.85. The maximum atomic E-state index is 12.3. The molecule has 6 heteroatoms. The molecule has 1 aromatic rings. The quantitative estimate of drug-likeness (QED) is 0.634. The number of benzene rings is 1. The van der Waals surface area contributed by atoms with E-state index in [-0.39, 0.29) is 16.6 Å². The molecule has 20 heavy (non-hydrogen) atoms. The summed E-state index contributed by atoms with van der Waals surface area (Å²) in [5.74, 6) is 0.964. The standard InChI is InChI=1S/C14H17ClN2O3/c1-9(2)11-5-6-16(8-11)14(18)10-3-4-13(17(19)20)12(15)7-10/h3-4,7,9,11H,5-6,8H2,1-2H3. The van der Waals surface area contributed by atoms with Crippen LogP contribution in [0.2, 0.25) is 5.02 Å². The van der Waals surface area contributed by atoms with E-state index < -0.39 is 4.92 Å². The first-order chi connectivity index (χ1) is 9.40. The van der Waals surface area contributed by atoms with E-state index in [0.29, 0.717) is 17.4 Å². The van der Waals surface area contributed by atoms with Crippen molar-refractivity contribution < 1.29 is 9.72 Å². The van der Waals surface area contributed by atoms with Crippen molar-refractivity contribution in [1.29, 1.82) is 0 Å². The summed E-state index contributed by atoms with van der Waals surface area (Å²) in [5.41, 5.74) is 0.231. The summed E-state index contributed by atoms with van der Waals surface area (Å²) in [5, 5.41) is 10.7. The summed E-state index contributed by atoms with van der Waals surface area (Å²) in [6.07, 6.45) is 1.00. The number of hydrogen-bond acceptors (Lipinski definition) is 3. The van der Waals surface area contributed by atoms with Gasteiger partial charge in [-0.2, -0.15) is 0 Å². The van der Waals surface area contributed by atoms with E-state index in [9.17, 15) is 14.9 Å². The Hall–Kier alpha value is -1.62. The lowest BCUT2D eigenvalue weighted by atomic mass is 9.95. The Bertz CT molecular complexity index is 545. The zero-order valence-corrected chi connectivity index (χ0v) is 12.3. The second kappa shape index (κ2) is 5.79. The molecule has 0 aromatic heterocycles. The molecule has 1 unspecified atom stereocenters. The molecule has 0 radical (unpaired) electrons. The van der Waals surface area contributed by atoms with Crippen molar-refractivity contribution in [3.05, 3.63) is 38.9 Å². The Morgan fingerprint density at radius 2 is 2.20 bits per heavy atom. The molecule has 1 saturated heterocycles. The molecule has 2 rings (SSSR count). The second-order valence-electron chi connectivity index (χ2n) is 5.47. The maximum absolute atomic E-state index is 12.3. The third kappa shape index (κ3) is 2.93. The summed E-state index contributed by atoms with van der Waals surface area (Å²) in [6, 6.07) is 4.13. The van der Waals surface area contributed by atoms with Gasteiger partial charge in [-0.1, -0.05) is 25.4 Å². The first-order valence-electron chi connectivity index (χ1n) is 6.63. The molecule has 0 saturated carbocycles. The summed E-state index contributed by atoms with van der Waals surface area (Å²) >= 11 is 5.84. The van der Waals surface area contributed by atoms with Crippen molar-refractivity contribution in [1.82, 2.24) is 4.90 Å². The van der Waals surface area contributed by atoms with Gasteiger partial charge in [0, 0.05) is 24.7 Å². The highest BCUT2D eigenvalue weighted by atomic mass is 35.5. The lowest BCUT2D eigenvalue weighted by Gasteiger charge is -2.18. The van der Waals surface area contributed by atoms with Crippen molar-refractivity contribution in [2.24, 2.45) is 11.8 Å². The van der Waals surface area contributed by atoms with Crippen LogP contribution in [-0.2, 0) is 0 Å². The first kappa shape index (κ1) is 14.8. The summed E-state index contributed by atoms with van der Waals surface area (Å²) in [7, 11) is 0. The smallest absolute Gasteiger partial charge is 0.287 e. The lowest BCUT2D eigenvalue weighted by molar-refractivity contribution is -0.384. The Balaban J connectivity index is 2.14. The third-order valence-corrected chi connectivity index (χ3v) is 4.15. The van der Waals surface area contributed by atoms with Crippen molar-refractivity contribution in [3.8, 4) is 0 Å². The van der Waals surface area contributed by atoms with Gasteiger partial charge in [0.2, 0.25) is 0 Å². The summed E-state index contributed by atoms with van der Waals surface area (Å²) in [4.78, 5) is 24.3. The SMILES string of the molecule is CC(C)C1CCN(C(=O)c2ccc([N+](=O)[O-])c(Cl)c2)C1. The Labute approximate surface area is 122 Å². The Morgan fingerprint density at radius 1 is 1.50 bits per heavy atom. The van der Waals surface area contributed by atoms with E-state index in [2.05, 4.69) is 13.8 Å². The molecule has 0 spiro atoms. The average molecular weight is 297 g/mol. The number of rotatable bonds is 3. The van der Waals surface area contributed by atoms with Gasteiger partial charge in [0.05, 0.1) is 4.92 Å². The molecule has 1 aromatic carbocycles. The van der Waals surface area contributed by atoms with Crippen molar-refractivity contribution in [2.45, 2.75) is 20.3 Å². The minimum atomic E-state index is -0.554. The van der Waals surface area contributed by atoms with Gasteiger partial charge in [-0.15, -0.1) is 0 Å². The van der Waals surface area contributed by atoms with Crippen LogP contribution < -0.4 is 0 Å². The van der Waals surface area contributed by atoms with Crippen LogP contribution in [0.1, 0.15) is 30.6 Å². The maximum Gasteiger partial charge on any atom is 0.287 e. The van der Waals surface area contributed by atoms with E-state index in [1.165, 1.54) is 18.2 Å². The number of likely N-dealkylation sites (tertiary alicyclic amines) is 1. The summed E-state index contributed by atoms with van der Waals surface area (Å²) < 4.78 is 0. The van der Waals surface area contributed by atoms with Gasteiger partial charge >= 0.3 is 0 Å².